The van der Waals surface area contributed by atoms with Crippen LogP contribution in [0.25, 0.3) is 0 Å². The van der Waals surface area contributed by atoms with Gasteiger partial charge in [-0.25, -0.2) is 4.79 Å². The van der Waals surface area contributed by atoms with Gasteiger partial charge in [0.2, 0.25) is 5.89 Å². The van der Waals surface area contributed by atoms with Crippen LogP contribution in [0.2, 0.25) is 0 Å². The van der Waals surface area contributed by atoms with E-state index in [-0.39, 0.29) is 12.4 Å². The third-order valence-electron chi connectivity index (χ3n) is 4.46. The molecule has 2 heterocycles. The number of aromatic amines is 1. The molecule has 1 N–H and O–H groups in total. The van der Waals surface area contributed by atoms with Gasteiger partial charge in [-0.05, 0) is 38.8 Å². The van der Waals surface area contributed by atoms with E-state index in [0.29, 0.717) is 40.0 Å². The Morgan fingerprint density at radius 1 is 1.21 bits per heavy atom. The fraction of sp³-hybridized carbons (Fsp3) is 0.333. The van der Waals surface area contributed by atoms with Gasteiger partial charge in [-0.3, -0.25) is 4.79 Å². The molecule has 1 unspecified atom stereocenters. The van der Waals surface area contributed by atoms with E-state index >= 15 is 0 Å². The third kappa shape index (κ3) is 4.76. The van der Waals surface area contributed by atoms with Crippen LogP contribution >= 0.6 is 11.8 Å². The van der Waals surface area contributed by atoms with Gasteiger partial charge in [0.1, 0.15) is 0 Å². The molecule has 1 aromatic carbocycles. The lowest BCUT2D eigenvalue weighted by atomic mass is 10.1. The van der Waals surface area contributed by atoms with Gasteiger partial charge < -0.3 is 14.1 Å². The third-order valence-corrected chi connectivity index (χ3v) is 5.39. The van der Waals surface area contributed by atoms with Crippen molar-refractivity contribution in [1.29, 1.82) is 0 Å². The summed E-state index contributed by atoms with van der Waals surface area (Å²) in [6.07, 6.45) is 0.536. The number of nitrogens with one attached hydrogen (secondary N) is 1. The van der Waals surface area contributed by atoms with Crippen molar-refractivity contribution >= 4 is 23.5 Å². The van der Waals surface area contributed by atoms with E-state index in [0.717, 1.165) is 5.56 Å². The highest BCUT2D eigenvalue weighted by Crippen LogP contribution is 2.27. The molecule has 0 aliphatic rings. The quantitative estimate of drug-likeness (QED) is 0.336. The molecule has 8 heteroatoms. The predicted molar refractivity (Wildman–Crippen MR) is 109 cm³/mol. The molecule has 0 spiro atoms. The molecule has 29 heavy (non-hydrogen) atoms. The van der Waals surface area contributed by atoms with E-state index in [9.17, 15) is 9.59 Å². The summed E-state index contributed by atoms with van der Waals surface area (Å²) < 4.78 is 10.8. The predicted octanol–water partition coefficient (Wildman–Crippen LogP) is 4.15. The topological polar surface area (TPSA) is 98.1 Å². The molecule has 7 nitrogen and oxygen atoms in total. The van der Waals surface area contributed by atoms with E-state index in [4.69, 9.17) is 9.15 Å². The molecule has 2 aromatic heterocycles. The molecular formula is C21H23N3O4S. The summed E-state index contributed by atoms with van der Waals surface area (Å²) in [4.78, 5) is 28.1. The maximum Gasteiger partial charge on any atom is 0.340 e. The number of nitrogens with zero attached hydrogens (tertiary/aromatic N) is 2. The van der Waals surface area contributed by atoms with Gasteiger partial charge in [0, 0.05) is 5.69 Å². The Labute approximate surface area is 173 Å². The largest absolute Gasteiger partial charge is 0.462 e. The molecular weight excluding hydrogens is 390 g/mol. The number of esters is 1. The lowest BCUT2D eigenvalue weighted by Crippen LogP contribution is -2.15. The second-order valence-electron chi connectivity index (χ2n) is 6.59. The summed E-state index contributed by atoms with van der Waals surface area (Å²) in [6, 6.07) is 9.82. The van der Waals surface area contributed by atoms with Gasteiger partial charge in [-0.15, -0.1) is 10.2 Å². The minimum atomic E-state index is -0.466. The number of ether oxygens (including phenoxy) is 1. The minimum absolute atomic E-state index is 0.144. The number of aryl methyl sites for hydroxylation is 1. The molecule has 0 aliphatic heterocycles. The number of hydrogen-bond acceptors (Lipinski definition) is 7. The van der Waals surface area contributed by atoms with Crippen LogP contribution in [-0.2, 0) is 11.2 Å². The van der Waals surface area contributed by atoms with Crippen molar-refractivity contribution in [3.63, 3.8) is 0 Å². The minimum Gasteiger partial charge on any atom is -0.462 e. The Hall–Kier alpha value is -2.87. The van der Waals surface area contributed by atoms with Crippen molar-refractivity contribution in [3.05, 3.63) is 64.3 Å². The maximum atomic E-state index is 12.9. The van der Waals surface area contributed by atoms with Crippen molar-refractivity contribution in [2.45, 2.75) is 44.6 Å². The lowest BCUT2D eigenvalue weighted by Gasteiger charge is -2.07. The Bertz CT molecular complexity index is 1010. The number of benzene rings is 1. The smallest absolute Gasteiger partial charge is 0.340 e. The molecule has 0 bridgehead atoms. The normalized spacial score (nSPS) is 12.0. The first-order chi connectivity index (χ1) is 13.9. The maximum absolute atomic E-state index is 12.9. The van der Waals surface area contributed by atoms with Crippen LogP contribution in [-0.4, -0.2) is 38.8 Å². The number of aromatic nitrogens is 3. The fourth-order valence-electron chi connectivity index (χ4n) is 3.04. The molecule has 0 fully saturated rings. The highest BCUT2D eigenvalue weighted by atomic mass is 32.2. The molecule has 0 saturated carbocycles. The second-order valence-corrected chi connectivity index (χ2v) is 7.89. The standard InChI is InChI=1S/C21H23N3O4S/c1-5-27-20(26)17-12(2)18(22-13(17)3)19(25)14(4)29-21-24-23-16(28-21)11-15-9-7-6-8-10-15/h6-10,14,22H,5,11H2,1-4H3. The Morgan fingerprint density at radius 2 is 1.93 bits per heavy atom. The first-order valence-electron chi connectivity index (χ1n) is 9.34. The zero-order chi connectivity index (χ0) is 21.0. The number of H-pyrrole nitrogens is 1. The van der Waals surface area contributed by atoms with Crippen LogP contribution in [0.1, 0.15) is 57.4 Å². The number of Topliss-reactive ketones (excluding diaryl/α,β-unsaturated/α-hetero) is 1. The van der Waals surface area contributed by atoms with Gasteiger partial charge in [0.25, 0.3) is 5.22 Å². The van der Waals surface area contributed by atoms with E-state index < -0.39 is 11.2 Å². The van der Waals surface area contributed by atoms with Crippen LogP contribution in [0.5, 0.6) is 0 Å². The lowest BCUT2D eigenvalue weighted by molar-refractivity contribution is 0.0525. The molecule has 0 amide bonds. The summed E-state index contributed by atoms with van der Waals surface area (Å²) >= 11 is 1.19. The number of thioether (sulfide) groups is 1. The highest BCUT2D eigenvalue weighted by molar-refractivity contribution is 8.00. The summed E-state index contributed by atoms with van der Waals surface area (Å²) in [7, 11) is 0. The Morgan fingerprint density at radius 3 is 2.62 bits per heavy atom. The second kappa shape index (κ2) is 9.09. The molecule has 1 atom stereocenters. The van der Waals surface area contributed by atoms with Gasteiger partial charge in [-0.1, -0.05) is 42.1 Å². The molecule has 0 aliphatic carbocycles. The molecule has 152 valence electrons. The van der Waals surface area contributed by atoms with E-state index in [1.807, 2.05) is 30.3 Å². The monoisotopic (exact) mass is 413 g/mol. The molecule has 0 radical (unpaired) electrons. The van der Waals surface area contributed by atoms with Crippen LogP contribution in [0.4, 0.5) is 0 Å². The van der Waals surface area contributed by atoms with Crippen molar-refractivity contribution < 1.29 is 18.7 Å². The summed E-state index contributed by atoms with van der Waals surface area (Å²) in [5.74, 6) is -0.0793. The number of rotatable bonds is 8. The van der Waals surface area contributed by atoms with E-state index in [1.54, 1.807) is 27.7 Å². The van der Waals surface area contributed by atoms with Crippen LogP contribution < -0.4 is 0 Å². The van der Waals surface area contributed by atoms with Crippen LogP contribution in [0.15, 0.2) is 40.0 Å². The van der Waals surface area contributed by atoms with Gasteiger partial charge in [-0.2, -0.15) is 0 Å². The fourth-order valence-corrected chi connectivity index (χ4v) is 3.80. The Kier molecular flexibility index (Phi) is 6.53. The van der Waals surface area contributed by atoms with Crippen LogP contribution in [0.3, 0.4) is 0 Å². The van der Waals surface area contributed by atoms with E-state index in [2.05, 4.69) is 15.2 Å². The summed E-state index contributed by atoms with van der Waals surface area (Å²) in [5.41, 5.74) is 3.09. The Balaban J connectivity index is 1.70. The summed E-state index contributed by atoms with van der Waals surface area (Å²) in [5, 5.41) is 7.96. The zero-order valence-corrected chi connectivity index (χ0v) is 17.6. The van der Waals surface area contributed by atoms with Crippen molar-refractivity contribution in [1.82, 2.24) is 15.2 Å². The molecule has 3 aromatic rings. The number of carbonyl (C=O) groups excluding carboxylic acids is 2. The van der Waals surface area contributed by atoms with Crippen molar-refractivity contribution in [2.75, 3.05) is 6.61 Å². The molecule has 3 rings (SSSR count). The van der Waals surface area contributed by atoms with Gasteiger partial charge in [0.15, 0.2) is 5.78 Å². The average molecular weight is 413 g/mol. The number of hydrogen-bond donors (Lipinski definition) is 1. The van der Waals surface area contributed by atoms with Crippen LogP contribution in [0, 0.1) is 13.8 Å². The SMILES string of the molecule is CCOC(=O)c1c(C)[nH]c(C(=O)C(C)Sc2nnc(Cc3ccccc3)o2)c1C. The van der Waals surface area contributed by atoms with Gasteiger partial charge >= 0.3 is 5.97 Å². The van der Waals surface area contributed by atoms with Gasteiger partial charge in [0.05, 0.1) is 29.5 Å². The first-order valence-corrected chi connectivity index (χ1v) is 10.2. The van der Waals surface area contributed by atoms with E-state index in [1.165, 1.54) is 11.8 Å². The average Bonchev–Trinajstić information content (AvgIpc) is 3.25. The van der Waals surface area contributed by atoms with Crippen molar-refractivity contribution in [2.24, 2.45) is 0 Å². The first kappa shape index (κ1) is 20.9. The zero-order valence-electron chi connectivity index (χ0n) is 16.8. The number of carbonyl (C=O) groups is 2. The molecule has 0 saturated heterocycles. The van der Waals surface area contributed by atoms with Crippen molar-refractivity contribution in [3.8, 4) is 0 Å². The number of ketones is 1. The summed E-state index contributed by atoms with van der Waals surface area (Å²) in [6.45, 7) is 7.29. The highest BCUT2D eigenvalue weighted by Gasteiger charge is 2.27.